The second kappa shape index (κ2) is 7.60. The number of hydrogen-bond donors (Lipinski definition) is 2. The minimum Gasteiger partial charge on any atom is -0.392 e. The number of aliphatic hydroxyl groups is 1. The number of carbonyl (C=O) groups excluding carboxylic acids is 1. The first kappa shape index (κ1) is 16.0. The van der Waals surface area contributed by atoms with Crippen molar-refractivity contribution < 1.29 is 9.90 Å². The Kier molecular flexibility index (Phi) is 5.80. The highest BCUT2D eigenvalue weighted by Crippen LogP contribution is 2.34. The average Bonchev–Trinajstić information content (AvgIpc) is 2.73. The predicted molar refractivity (Wildman–Crippen MR) is 84.9 cm³/mol. The van der Waals surface area contributed by atoms with Gasteiger partial charge in [-0.3, -0.25) is 4.79 Å². The third-order valence-electron chi connectivity index (χ3n) is 4.66. The predicted octanol–water partition coefficient (Wildman–Crippen LogP) is 3.20. The minimum atomic E-state index is -0.169. The third kappa shape index (κ3) is 4.57. The lowest BCUT2D eigenvalue weighted by Crippen LogP contribution is -2.39. The van der Waals surface area contributed by atoms with Crippen molar-refractivity contribution in [2.75, 3.05) is 6.54 Å². The van der Waals surface area contributed by atoms with Gasteiger partial charge < -0.3 is 10.4 Å². The van der Waals surface area contributed by atoms with E-state index in [9.17, 15) is 4.79 Å². The lowest BCUT2D eigenvalue weighted by molar-refractivity contribution is -0.130. The SMILES string of the molecule is CC1(C(=O)NCCc2ccc(CO)cc2)CCCCCC1. The van der Waals surface area contributed by atoms with Gasteiger partial charge >= 0.3 is 0 Å². The topological polar surface area (TPSA) is 49.3 Å². The van der Waals surface area contributed by atoms with Crippen molar-refractivity contribution in [3.63, 3.8) is 0 Å². The van der Waals surface area contributed by atoms with Crippen molar-refractivity contribution in [2.45, 2.75) is 58.5 Å². The molecule has 2 rings (SSSR count). The molecule has 0 bridgehead atoms. The van der Waals surface area contributed by atoms with E-state index in [1.807, 2.05) is 24.3 Å². The molecule has 3 heteroatoms. The van der Waals surface area contributed by atoms with Crippen molar-refractivity contribution in [1.29, 1.82) is 0 Å². The van der Waals surface area contributed by atoms with Gasteiger partial charge in [-0.05, 0) is 30.4 Å². The normalized spacial score (nSPS) is 18.0. The van der Waals surface area contributed by atoms with Gasteiger partial charge in [0, 0.05) is 12.0 Å². The molecule has 0 atom stereocenters. The number of rotatable bonds is 5. The fourth-order valence-electron chi connectivity index (χ4n) is 3.08. The summed E-state index contributed by atoms with van der Waals surface area (Å²) < 4.78 is 0. The van der Waals surface area contributed by atoms with Crippen LogP contribution in [0.5, 0.6) is 0 Å². The van der Waals surface area contributed by atoms with Crippen molar-refractivity contribution >= 4 is 5.91 Å². The second-order valence-electron chi connectivity index (χ2n) is 6.46. The zero-order valence-electron chi connectivity index (χ0n) is 13.0. The standard InChI is InChI=1S/C18H27NO2/c1-18(11-4-2-3-5-12-18)17(21)19-13-10-15-6-8-16(14-20)9-7-15/h6-9,20H,2-5,10-14H2,1H3,(H,19,21). The molecule has 116 valence electrons. The maximum atomic E-state index is 12.4. The largest absolute Gasteiger partial charge is 0.392 e. The van der Waals surface area contributed by atoms with Gasteiger partial charge in [-0.2, -0.15) is 0 Å². The van der Waals surface area contributed by atoms with Gasteiger partial charge in [0.2, 0.25) is 5.91 Å². The smallest absolute Gasteiger partial charge is 0.225 e. The summed E-state index contributed by atoms with van der Waals surface area (Å²) in [6.07, 6.45) is 7.75. The average molecular weight is 289 g/mol. The van der Waals surface area contributed by atoms with Gasteiger partial charge in [-0.25, -0.2) is 0 Å². The minimum absolute atomic E-state index is 0.0787. The van der Waals surface area contributed by atoms with Crippen LogP contribution in [0.2, 0.25) is 0 Å². The maximum Gasteiger partial charge on any atom is 0.225 e. The van der Waals surface area contributed by atoms with Crippen molar-refractivity contribution in [2.24, 2.45) is 5.41 Å². The van der Waals surface area contributed by atoms with E-state index in [1.165, 1.54) is 31.2 Å². The fourth-order valence-corrected chi connectivity index (χ4v) is 3.08. The second-order valence-corrected chi connectivity index (χ2v) is 6.46. The highest BCUT2D eigenvalue weighted by molar-refractivity contribution is 5.82. The number of amides is 1. The van der Waals surface area contributed by atoms with Crippen molar-refractivity contribution in [3.8, 4) is 0 Å². The fraction of sp³-hybridized carbons (Fsp3) is 0.611. The molecule has 1 saturated carbocycles. The van der Waals surface area contributed by atoms with Gasteiger partial charge in [0.15, 0.2) is 0 Å². The summed E-state index contributed by atoms with van der Waals surface area (Å²) in [5.74, 6) is 0.219. The summed E-state index contributed by atoms with van der Waals surface area (Å²) in [6.45, 7) is 2.88. The number of nitrogens with one attached hydrogen (secondary N) is 1. The molecule has 0 unspecified atom stereocenters. The molecule has 1 aliphatic carbocycles. The van der Waals surface area contributed by atoms with Crippen LogP contribution in [0.15, 0.2) is 24.3 Å². The van der Waals surface area contributed by atoms with E-state index in [0.29, 0.717) is 6.54 Å². The first-order chi connectivity index (χ1) is 10.1. The zero-order valence-corrected chi connectivity index (χ0v) is 13.0. The molecule has 0 spiro atoms. The first-order valence-electron chi connectivity index (χ1n) is 8.11. The van der Waals surface area contributed by atoms with E-state index in [0.717, 1.165) is 24.8 Å². The maximum absolute atomic E-state index is 12.4. The summed E-state index contributed by atoms with van der Waals surface area (Å²) in [4.78, 5) is 12.4. The van der Waals surface area contributed by atoms with Crippen LogP contribution in [0, 0.1) is 5.41 Å². The van der Waals surface area contributed by atoms with Gasteiger partial charge in [0.05, 0.1) is 6.61 Å². The summed E-state index contributed by atoms with van der Waals surface area (Å²) >= 11 is 0. The summed E-state index contributed by atoms with van der Waals surface area (Å²) in [5, 5.41) is 12.1. The number of carbonyl (C=O) groups is 1. The molecule has 0 aromatic heterocycles. The van der Waals surface area contributed by atoms with Crippen LogP contribution in [0.3, 0.4) is 0 Å². The van der Waals surface area contributed by atoms with Gasteiger partial charge in [0.1, 0.15) is 0 Å². The van der Waals surface area contributed by atoms with E-state index in [4.69, 9.17) is 5.11 Å². The molecule has 1 fully saturated rings. The van der Waals surface area contributed by atoms with Crippen LogP contribution in [0.25, 0.3) is 0 Å². The molecular formula is C18H27NO2. The Morgan fingerprint density at radius 2 is 1.67 bits per heavy atom. The van der Waals surface area contributed by atoms with Crippen molar-refractivity contribution in [3.05, 3.63) is 35.4 Å². The molecule has 2 N–H and O–H groups in total. The van der Waals surface area contributed by atoms with Crippen LogP contribution in [-0.4, -0.2) is 17.6 Å². The third-order valence-corrected chi connectivity index (χ3v) is 4.66. The van der Waals surface area contributed by atoms with Gasteiger partial charge in [-0.15, -0.1) is 0 Å². The van der Waals surface area contributed by atoms with E-state index >= 15 is 0 Å². The molecule has 1 aliphatic rings. The molecule has 3 nitrogen and oxygen atoms in total. The Balaban J connectivity index is 1.80. The van der Waals surface area contributed by atoms with Crippen LogP contribution < -0.4 is 5.32 Å². The zero-order chi connectivity index (χ0) is 15.1. The highest BCUT2D eigenvalue weighted by Gasteiger charge is 2.32. The van der Waals surface area contributed by atoms with E-state index in [2.05, 4.69) is 12.2 Å². The molecule has 0 saturated heterocycles. The molecule has 1 aromatic carbocycles. The van der Waals surface area contributed by atoms with Crippen LogP contribution in [0.1, 0.15) is 56.6 Å². The number of hydrogen-bond acceptors (Lipinski definition) is 2. The van der Waals surface area contributed by atoms with E-state index < -0.39 is 0 Å². The van der Waals surface area contributed by atoms with Crippen LogP contribution in [-0.2, 0) is 17.8 Å². The molecule has 0 radical (unpaired) electrons. The molecule has 1 aromatic rings. The quantitative estimate of drug-likeness (QED) is 0.818. The van der Waals surface area contributed by atoms with E-state index in [1.54, 1.807) is 0 Å². The Morgan fingerprint density at radius 3 is 2.24 bits per heavy atom. The molecular weight excluding hydrogens is 262 g/mol. The van der Waals surface area contributed by atoms with Gasteiger partial charge in [-0.1, -0.05) is 56.9 Å². The monoisotopic (exact) mass is 289 g/mol. The van der Waals surface area contributed by atoms with Crippen LogP contribution in [0.4, 0.5) is 0 Å². The van der Waals surface area contributed by atoms with Crippen LogP contribution >= 0.6 is 0 Å². The van der Waals surface area contributed by atoms with Crippen molar-refractivity contribution in [1.82, 2.24) is 5.32 Å². The first-order valence-corrected chi connectivity index (χ1v) is 8.11. The summed E-state index contributed by atoms with van der Waals surface area (Å²) in [6, 6.07) is 7.91. The molecule has 0 heterocycles. The van der Waals surface area contributed by atoms with E-state index in [-0.39, 0.29) is 17.9 Å². The Morgan fingerprint density at radius 1 is 1.10 bits per heavy atom. The lowest BCUT2D eigenvalue weighted by atomic mass is 9.81. The molecule has 21 heavy (non-hydrogen) atoms. The Hall–Kier alpha value is -1.35. The number of benzene rings is 1. The van der Waals surface area contributed by atoms with Gasteiger partial charge in [0.25, 0.3) is 0 Å². The molecule has 1 amide bonds. The Bertz CT molecular complexity index is 445. The summed E-state index contributed by atoms with van der Waals surface area (Å²) in [5.41, 5.74) is 1.95. The lowest BCUT2D eigenvalue weighted by Gasteiger charge is -2.26. The number of aliphatic hydroxyl groups excluding tert-OH is 1. The highest BCUT2D eigenvalue weighted by atomic mass is 16.3. The molecule has 0 aliphatic heterocycles. The Labute approximate surface area is 127 Å². The summed E-state index contributed by atoms with van der Waals surface area (Å²) in [7, 11) is 0.